The summed E-state index contributed by atoms with van der Waals surface area (Å²) in [6.45, 7) is 1.44. The Labute approximate surface area is 109 Å². The first kappa shape index (κ1) is 13.4. The van der Waals surface area contributed by atoms with Crippen LogP contribution >= 0.6 is 0 Å². The molecule has 1 aliphatic rings. The van der Waals surface area contributed by atoms with Gasteiger partial charge in [-0.1, -0.05) is 18.2 Å². The third-order valence-corrected chi connectivity index (χ3v) is 3.30. The van der Waals surface area contributed by atoms with Crippen molar-refractivity contribution in [1.29, 1.82) is 0 Å². The van der Waals surface area contributed by atoms with E-state index in [-0.39, 0.29) is 6.10 Å². The minimum absolute atomic E-state index is 0.105. The Kier molecular flexibility index (Phi) is 5.49. The Morgan fingerprint density at radius 2 is 1.72 bits per heavy atom. The van der Waals surface area contributed by atoms with Gasteiger partial charge in [-0.3, -0.25) is 0 Å². The number of aliphatic hydroxyl groups is 1. The molecule has 100 valence electrons. The van der Waals surface area contributed by atoms with E-state index in [0.717, 1.165) is 44.5 Å². The van der Waals surface area contributed by atoms with E-state index in [4.69, 9.17) is 9.47 Å². The highest BCUT2D eigenvalue weighted by Gasteiger charge is 2.19. The van der Waals surface area contributed by atoms with Crippen LogP contribution in [0, 0.1) is 0 Å². The van der Waals surface area contributed by atoms with Crippen molar-refractivity contribution in [2.75, 3.05) is 13.2 Å². The number of aliphatic hydroxyl groups excluding tert-OH is 1. The third-order valence-electron chi connectivity index (χ3n) is 3.30. The van der Waals surface area contributed by atoms with Gasteiger partial charge >= 0.3 is 0 Å². The van der Waals surface area contributed by atoms with Gasteiger partial charge < -0.3 is 14.6 Å². The molecule has 1 fully saturated rings. The van der Waals surface area contributed by atoms with Gasteiger partial charge in [0.2, 0.25) is 0 Å². The summed E-state index contributed by atoms with van der Waals surface area (Å²) in [4.78, 5) is 0. The van der Waals surface area contributed by atoms with Gasteiger partial charge in [0.15, 0.2) is 0 Å². The molecule has 0 unspecified atom stereocenters. The minimum atomic E-state index is -0.105. The first-order valence-electron chi connectivity index (χ1n) is 6.82. The van der Waals surface area contributed by atoms with Crippen molar-refractivity contribution in [3.05, 3.63) is 30.3 Å². The van der Waals surface area contributed by atoms with E-state index in [9.17, 15) is 5.11 Å². The van der Waals surface area contributed by atoms with Crippen LogP contribution in [0.15, 0.2) is 30.3 Å². The molecule has 1 aromatic carbocycles. The topological polar surface area (TPSA) is 38.7 Å². The Balaban J connectivity index is 1.51. The lowest BCUT2D eigenvalue weighted by atomic mass is 9.95. The second-order valence-electron chi connectivity index (χ2n) is 4.82. The van der Waals surface area contributed by atoms with E-state index < -0.39 is 0 Å². The molecule has 0 spiro atoms. The van der Waals surface area contributed by atoms with Crippen molar-refractivity contribution in [1.82, 2.24) is 0 Å². The fourth-order valence-electron chi connectivity index (χ4n) is 2.23. The number of hydrogen-bond acceptors (Lipinski definition) is 3. The summed E-state index contributed by atoms with van der Waals surface area (Å²) in [6.07, 6.45) is 4.88. The minimum Gasteiger partial charge on any atom is -0.494 e. The Morgan fingerprint density at radius 3 is 2.44 bits per heavy atom. The molecule has 0 heterocycles. The molecular weight excluding hydrogens is 228 g/mol. The highest BCUT2D eigenvalue weighted by Crippen LogP contribution is 2.21. The lowest BCUT2D eigenvalue weighted by Crippen LogP contribution is -2.24. The zero-order valence-corrected chi connectivity index (χ0v) is 10.8. The van der Waals surface area contributed by atoms with Crippen LogP contribution < -0.4 is 4.74 Å². The summed E-state index contributed by atoms with van der Waals surface area (Å²) < 4.78 is 11.4. The average molecular weight is 250 g/mol. The molecule has 0 aliphatic heterocycles. The van der Waals surface area contributed by atoms with Crippen LogP contribution in [0.5, 0.6) is 5.75 Å². The van der Waals surface area contributed by atoms with Crippen molar-refractivity contribution >= 4 is 0 Å². The van der Waals surface area contributed by atoms with E-state index in [1.807, 2.05) is 30.3 Å². The van der Waals surface area contributed by atoms with Crippen LogP contribution in [0.4, 0.5) is 0 Å². The van der Waals surface area contributed by atoms with Crippen LogP contribution in [-0.2, 0) is 4.74 Å². The number of para-hydroxylation sites is 1. The summed E-state index contributed by atoms with van der Waals surface area (Å²) >= 11 is 0. The molecule has 3 heteroatoms. The van der Waals surface area contributed by atoms with Gasteiger partial charge in [-0.05, 0) is 37.8 Å². The summed E-state index contributed by atoms with van der Waals surface area (Å²) in [5.74, 6) is 0.915. The molecule has 0 atom stereocenters. The monoisotopic (exact) mass is 250 g/mol. The maximum Gasteiger partial charge on any atom is 0.119 e. The number of benzene rings is 1. The average Bonchev–Trinajstić information content (AvgIpc) is 2.42. The van der Waals surface area contributed by atoms with Gasteiger partial charge in [0.1, 0.15) is 5.75 Å². The van der Waals surface area contributed by atoms with Crippen molar-refractivity contribution in [2.45, 2.75) is 44.3 Å². The molecular formula is C15H22O3. The number of ether oxygens (including phenoxy) is 2. The smallest absolute Gasteiger partial charge is 0.119 e. The molecule has 0 amide bonds. The van der Waals surface area contributed by atoms with Gasteiger partial charge in [0, 0.05) is 6.42 Å². The van der Waals surface area contributed by atoms with Gasteiger partial charge in [0.05, 0.1) is 25.4 Å². The Bertz CT molecular complexity index is 318. The molecule has 1 aliphatic carbocycles. The van der Waals surface area contributed by atoms with Crippen molar-refractivity contribution in [3.8, 4) is 5.75 Å². The summed E-state index contributed by atoms with van der Waals surface area (Å²) in [5, 5.41) is 9.39. The first-order valence-corrected chi connectivity index (χ1v) is 6.82. The van der Waals surface area contributed by atoms with E-state index >= 15 is 0 Å². The lowest BCUT2D eigenvalue weighted by molar-refractivity contribution is -0.00664. The second kappa shape index (κ2) is 7.39. The molecule has 1 aromatic rings. The van der Waals surface area contributed by atoms with Gasteiger partial charge in [-0.15, -0.1) is 0 Å². The van der Waals surface area contributed by atoms with Crippen molar-refractivity contribution in [3.63, 3.8) is 0 Å². The summed E-state index contributed by atoms with van der Waals surface area (Å²) in [6, 6.07) is 9.85. The summed E-state index contributed by atoms with van der Waals surface area (Å²) in [7, 11) is 0. The molecule has 0 aromatic heterocycles. The fraction of sp³-hybridized carbons (Fsp3) is 0.600. The van der Waals surface area contributed by atoms with Gasteiger partial charge in [-0.25, -0.2) is 0 Å². The van der Waals surface area contributed by atoms with Crippen molar-refractivity contribution in [2.24, 2.45) is 0 Å². The normalized spacial score (nSPS) is 23.8. The molecule has 2 rings (SSSR count). The number of hydrogen-bond donors (Lipinski definition) is 1. The molecule has 0 saturated heterocycles. The van der Waals surface area contributed by atoms with Crippen LogP contribution in [0.3, 0.4) is 0 Å². The largest absolute Gasteiger partial charge is 0.494 e. The van der Waals surface area contributed by atoms with Crippen LogP contribution in [-0.4, -0.2) is 30.5 Å². The zero-order valence-electron chi connectivity index (χ0n) is 10.8. The van der Waals surface area contributed by atoms with E-state index in [1.54, 1.807) is 0 Å². The molecule has 1 saturated carbocycles. The zero-order chi connectivity index (χ0) is 12.6. The maximum absolute atomic E-state index is 9.39. The van der Waals surface area contributed by atoms with Crippen molar-refractivity contribution < 1.29 is 14.6 Å². The highest BCUT2D eigenvalue weighted by molar-refractivity contribution is 5.20. The Morgan fingerprint density at radius 1 is 1.00 bits per heavy atom. The maximum atomic E-state index is 9.39. The second-order valence-corrected chi connectivity index (χ2v) is 4.82. The van der Waals surface area contributed by atoms with E-state index in [0.29, 0.717) is 12.7 Å². The third kappa shape index (κ3) is 4.67. The fourth-order valence-corrected chi connectivity index (χ4v) is 2.23. The standard InChI is InChI=1S/C15H22O3/c16-13-7-9-15(10-8-13)18-12-4-11-17-14-5-2-1-3-6-14/h1-3,5-6,13,15-16H,4,7-12H2. The van der Waals surface area contributed by atoms with E-state index in [2.05, 4.69) is 0 Å². The summed E-state index contributed by atoms with van der Waals surface area (Å²) in [5.41, 5.74) is 0. The molecule has 1 N–H and O–H groups in total. The quantitative estimate of drug-likeness (QED) is 0.789. The molecule has 0 radical (unpaired) electrons. The predicted molar refractivity (Wildman–Crippen MR) is 70.8 cm³/mol. The van der Waals surface area contributed by atoms with Gasteiger partial charge in [-0.2, -0.15) is 0 Å². The first-order chi connectivity index (χ1) is 8.84. The SMILES string of the molecule is OC1CCC(OCCCOc2ccccc2)CC1. The van der Waals surface area contributed by atoms with Crippen LogP contribution in [0.1, 0.15) is 32.1 Å². The van der Waals surface area contributed by atoms with E-state index in [1.165, 1.54) is 0 Å². The molecule has 3 nitrogen and oxygen atoms in total. The van der Waals surface area contributed by atoms with Crippen LogP contribution in [0.25, 0.3) is 0 Å². The Hall–Kier alpha value is -1.06. The van der Waals surface area contributed by atoms with Crippen LogP contribution in [0.2, 0.25) is 0 Å². The molecule has 0 bridgehead atoms. The number of rotatable bonds is 6. The lowest BCUT2D eigenvalue weighted by Gasteiger charge is -2.25. The van der Waals surface area contributed by atoms with Gasteiger partial charge in [0.25, 0.3) is 0 Å². The predicted octanol–water partition coefficient (Wildman–Crippen LogP) is 2.78. The highest BCUT2D eigenvalue weighted by atomic mass is 16.5. The molecule has 18 heavy (non-hydrogen) atoms.